The third kappa shape index (κ3) is 2.45. The molecule has 4 nitrogen and oxygen atoms in total. The second-order valence-electron chi connectivity index (χ2n) is 2.97. The van der Waals surface area contributed by atoms with Gasteiger partial charge < -0.3 is 9.84 Å². The maximum absolute atomic E-state index is 5.18. The van der Waals surface area contributed by atoms with Crippen LogP contribution in [0.5, 0.6) is 0 Å². The second-order valence-corrected chi connectivity index (χ2v) is 4.74. The summed E-state index contributed by atoms with van der Waals surface area (Å²) in [7, 11) is 1.90. The molecule has 1 N–H and O–H groups in total. The van der Waals surface area contributed by atoms with E-state index in [1.165, 1.54) is 0 Å². The molecule has 15 heavy (non-hydrogen) atoms. The minimum atomic E-state index is 0.586. The number of nitrogens with zero attached hydrogens (tertiary/aromatic N) is 2. The van der Waals surface area contributed by atoms with Gasteiger partial charge in [0, 0.05) is 17.4 Å². The summed E-state index contributed by atoms with van der Waals surface area (Å²) < 4.78 is 6.18. The lowest BCUT2D eigenvalue weighted by Gasteiger charge is -1.90. The van der Waals surface area contributed by atoms with Crippen molar-refractivity contribution in [3.63, 3.8) is 0 Å². The van der Waals surface area contributed by atoms with Crippen LogP contribution in [0.3, 0.4) is 0 Å². The van der Waals surface area contributed by atoms with Crippen molar-refractivity contribution in [1.29, 1.82) is 0 Å². The van der Waals surface area contributed by atoms with Crippen LogP contribution >= 0.6 is 27.3 Å². The number of rotatable bonds is 4. The largest absolute Gasteiger partial charge is 0.333 e. The molecule has 80 valence electrons. The van der Waals surface area contributed by atoms with Gasteiger partial charge >= 0.3 is 0 Å². The monoisotopic (exact) mass is 287 g/mol. The first-order valence-corrected chi connectivity index (χ1v) is 6.19. The summed E-state index contributed by atoms with van der Waals surface area (Å²) in [5.41, 5.74) is 0. The average molecular weight is 288 g/mol. The Morgan fingerprint density at radius 3 is 3.13 bits per heavy atom. The van der Waals surface area contributed by atoms with E-state index in [-0.39, 0.29) is 0 Å². The molecule has 0 saturated carbocycles. The van der Waals surface area contributed by atoms with Crippen molar-refractivity contribution in [2.75, 3.05) is 13.6 Å². The molecule has 0 saturated heterocycles. The fourth-order valence-corrected chi connectivity index (χ4v) is 2.59. The smallest absolute Gasteiger partial charge is 0.269 e. The van der Waals surface area contributed by atoms with Gasteiger partial charge in [-0.3, -0.25) is 0 Å². The highest BCUT2D eigenvalue weighted by Gasteiger charge is 2.12. The molecular formula is C9H10BrN3OS. The summed E-state index contributed by atoms with van der Waals surface area (Å²) in [5.74, 6) is 1.32. The van der Waals surface area contributed by atoms with E-state index in [2.05, 4.69) is 31.4 Å². The predicted molar refractivity (Wildman–Crippen MR) is 62.9 cm³/mol. The lowest BCUT2D eigenvalue weighted by atomic mass is 10.4. The summed E-state index contributed by atoms with van der Waals surface area (Å²) in [6, 6.07) is 1.97. The van der Waals surface area contributed by atoms with Gasteiger partial charge in [-0.25, -0.2) is 0 Å². The van der Waals surface area contributed by atoms with Gasteiger partial charge in [0.2, 0.25) is 0 Å². The van der Waals surface area contributed by atoms with Gasteiger partial charge in [-0.1, -0.05) is 5.16 Å². The van der Waals surface area contributed by atoms with Gasteiger partial charge in [-0.15, -0.1) is 11.3 Å². The van der Waals surface area contributed by atoms with E-state index >= 15 is 0 Å². The van der Waals surface area contributed by atoms with Crippen molar-refractivity contribution in [3.05, 3.63) is 21.7 Å². The van der Waals surface area contributed by atoms with Gasteiger partial charge in [0.1, 0.15) is 4.88 Å². The molecule has 0 aromatic carbocycles. The van der Waals surface area contributed by atoms with Crippen LogP contribution in [0.1, 0.15) is 5.82 Å². The third-order valence-electron chi connectivity index (χ3n) is 1.88. The van der Waals surface area contributed by atoms with Crippen molar-refractivity contribution < 1.29 is 4.52 Å². The Morgan fingerprint density at radius 2 is 2.47 bits per heavy atom. The van der Waals surface area contributed by atoms with Crippen molar-refractivity contribution in [2.24, 2.45) is 0 Å². The summed E-state index contributed by atoms with van der Waals surface area (Å²) in [4.78, 5) is 5.30. The van der Waals surface area contributed by atoms with Crippen molar-refractivity contribution in [3.8, 4) is 10.8 Å². The summed E-state index contributed by atoms with van der Waals surface area (Å²) >= 11 is 5.02. The zero-order valence-corrected chi connectivity index (χ0v) is 10.6. The average Bonchev–Trinajstić information content (AvgIpc) is 2.83. The Kier molecular flexibility index (Phi) is 3.50. The first-order valence-electron chi connectivity index (χ1n) is 4.52. The maximum atomic E-state index is 5.18. The first-order chi connectivity index (χ1) is 7.31. The van der Waals surface area contributed by atoms with E-state index in [1.54, 1.807) is 11.3 Å². The van der Waals surface area contributed by atoms with Gasteiger partial charge in [0.25, 0.3) is 5.89 Å². The molecule has 2 aromatic rings. The third-order valence-corrected chi connectivity index (χ3v) is 3.70. The number of halogens is 1. The second kappa shape index (κ2) is 4.87. The Labute approximate surface area is 99.8 Å². The molecule has 0 fully saturated rings. The number of hydrogen-bond donors (Lipinski definition) is 1. The first kappa shape index (κ1) is 10.8. The minimum Gasteiger partial charge on any atom is -0.333 e. The summed E-state index contributed by atoms with van der Waals surface area (Å²) in [6.07, 6.45) is 0.781. The number of nitrogens with one attached hydrogen (secondary N) is 1. The van der Waals surface area contributed by atoms with Crippen LogP contribution in [0.15, 0.2) is 20.4 Å². The molecule has 0 aliphatic heterocycles. The van der Waals surface area contributed by atoms with E-state index in [4.69, 9.17) is 4.52 Å². The van der Waals surface area contributed by atoms with Crippen molar-refractivity contribution in [1.82, 2.24) is 15.5 Å². The number of hydrogen-bond acceptors (Lipinski definition) is 5. The van der Waals surface area contributed by atoms with Crippen LogP contribution < -0.4 is 5.32 Å². The molecule has 0 aliphatic rings. The van der Waals surface area contributed by atoms with Crippen LogP contribution in [0, 0.1) is 0 Å². The van der Waals surface area contributed by atoms with Crippen LogP contribution in [0.2, 0.25) is 0 Å². The standard InChI is InChI=1S/C9H10BrN3OS/c1-11-4-2-7-12-9(14-13-7)8-6(10)3-5-15-8/h3,5,11H,2,4H2,1H3. The molecule has 0 atom stereocenters. The van der Waals surface area contributed by atoms with Crippen LogP contribution in [-0.4, -0.2) is 23.7 Å². The Morgan fingerprint density at radius 1 is 1.60 bits per heavy atom. The Hall–Kier alpha value is -0.720. The summed E-state index contributed by atoms with van der Waals surface area (Å²) in [6.45, 7) is 0.852. The molecular weight excluding hydrogens is 278 g/mol. The van der Waals surface area contributed by atoms with Gasteiger partial charge in [0.05, 0.1) is 0 Å². The fourth-order valence-electron chi connectivity index (χ4n) is 1.13. The fraction of sp³-hybridized carbons (Fsp3) is 0.333. The highest BCUT2D eigenvalue weighted by atomic mass is 79.9. The molecule has 0 amide bonds. The van der Waals surface area contributed by atoms with Crippen LogP contribution in [0.25, 0.3) is 10.8 Å². The number of likely N-dealkylation sites (N-methyl/N-ethyl adjacent to an activating group) is 1. The van der Waals surface area contributed by atoms with Crippen molar-refractivity contribution >= 4 is 27.3 Å². The van der Waals surface area contributed by atoms with E-state index in [1.807, 2.05) is 18.5 Å². The van der Waals surface area contributed by atoms with Gasteiger partial charge in [-0.2, -0.15) is 4.98 Å². The van der Waals surface area contributed by atoms with Crippen molar-refractivity contribution in [2.45, 2.75) is 6.42 Å². The topological polar surface area (TPSA) is 51.0 Å². The molecule has 0 spiro atoms. The molecule has 0 radical (unpaired) electrons. The normalized spacial score (nSPS) is 10.8. The zero-order chi connectivity index (χ0) is 10.7. The molecule has 6 heteroatoms. The van der Waals surface area contributed by atoms with Crippen LogP contribution in [0.4, 0.5) is 0 Å². The van der Waals surface area contributed by atoms with E-state index in [0.29, 0.717) is 5.89 Å². The molecule has 2 aromatic heterocycles. The maximum Gasteiger partial charge on any atom is 0.269 e. The Balaban J connectivity index is 2.17. The SMILES string of the molecule is CNCCc1noc(-c2sccc2Br)n1. The molecule has 0 unspecified atom stereocenters. The van der Waals surface area contributed by atoms with E-state index in [9.17, 15) is 0 Å². The minimum absolute atomic E-state index is 0.586. The predicted octanol–water partition coefficient (Wildman–Crippen LogP) is 2.32. The highest BCUT2D eigenvalue weighted by Crippen LogP contribution is 2.32. The quantitative estimate of drug-likeness (QED) is 0.938. The lowest BCUT2D eigenvalue weighted by molar-refractivity contribution is 0.422. The van der Waals surface area contributed by atoms with Crippen LogP contribution in [-0.2, 0) is 6.42 Å². The van der Waals surface area contributed by atoms with E-state index < -0.39 is 0 Å². The van der Waals surface area contributed by atoms with Gasteiger partial charge in [0.15, 0.2) is 5.82 Å². The summed E-state index contributed by atoms with van der Waals surface area (Å²) in [5, 5.41) is 8.94. The number of thiophene rings is 1. The molecule has 0 bridgehead atoms. The molecule has 2 heterocycles. The lowest BCUT2D eigenvalue weighted by Crippen LogP contribution is -2.10. The van der Waals surface area contributed by atoms with E-state index in [0.717, 1.165) is 28.1 Å². The highest BCUT2D eigenvalue weighted by molar-refractivity contribution is 9.10. The molecule has 0 aliphatic carbocycles. The Bertz CT molecular complexity index is 440. The molecule has 2 rings (SSSR count). The van der Waals surface area contributed by atoms with Gasteiger partial charge in [-0.05, 0) is 34.4 Å². The zero-order valence-electron chi connectivity index (χ0n) is 8.16. The number of aromatic nitrogens is 2.